The van der Waals surface area contributed by atoms with Crippen LogP contribution in [-0.4, -0.2) is 27.7 Å². The molecule has 1 aromatic carbocycles. The quantitative estimate of drug-likeness (QED) is 0.634. The Morgan fingerprint density at radius 3 is 2.36 bits per heavy atom. The number of benzene rings is 1. The molecule has 22 heavy (non-hydrogen) atoms. The number of rotatable bonds is 2. The van der Waals surface area contributed by atoms with Crippen molar-refractivity contribution in [1.82, 2.24) is 14.8 Å². The molecule has 0 radical (unpaired) electrons. The Kier molecular flexibility index (Phi) is 3.61. The monoisotopic (exact) mass is 340 g/mol. The van der Waals surface area contributed by atoms with Crippen LogP contribution < -0.4 is 5.73 Å². The van der Waals surface area contributed by atoms with Crippen LogP contribution in [0.15, 0.2) is 17.0 Å². The van der Waals surface area contributed by atoms with Gasteiger partial charge in [0.05, 0.1) is 4.90 Å². The molecule has 1 heterocycles. The fourth-order valence-electron chi connectivity index (χ4n) is 1.70. The lowest BCUT2D eigenvalue weighted by molar-refractivity contribution is -0.144. The van der Waals surface area contributed by atoms with E-state index in [1.54, 1.807) is 0 Å². The predicted octanol–water partition coefficient (Wildman–Crippen LogP) is 1.56. The van der Waals surface area contributed by atoms with Gasteiger partial charge in [0.15, 0.2) is 0 Å². The highest BCUT2D eigenvalue weighted by atomic mass is 32.2. The van der Waals surface area contributed by atoms with Gasteiger partial charge in [-0.3, -0.25) is 4.55 Å². The van der Waals surface area contributed by atoms with Crippen molar-refractivity contribution in [3.05, 3.63) is 29.3 Å². The van der Waals surface area contributed by atoms with E-state index in [1.807, 2.05) is 0 Å². The van der Waals surface area contributed by atoms with Gasteiger partial charge in [0.25, 0.3) is 15.9 Å². The minimum atomic E-state index is -4.91. The lowest BCUT2D eigenvalue weighted by Crippen LogP contribution is -2.10. The van der Waals surface area contributed by atoms with E-state index in [9.17, 15) is 26.0 Å². The highest BCUT2D eigenvalue weighted by Crippen LogP contribution is 2.29. The molecule has 12 heteroatoms. The fraction of sp³-hybridized carbons (Fsp3) is 0.200. The van der Waals surface area contributed by atoms with Crippen LogP contribution in [-0.2, 0) is 16.3 Å². The summed E-state index contributed by atoms with van der Waals surface area (Å²) in [5.41, 5.74) is 4.41. The first-order chi connectivity index (χ1) is 9.91. The van der Waals surface area contributed by atoms with E-state index in [4.69, 9.17) is 10.3 Å². The van der Waals surface area contributed by atoms with Crippen molar-refractivity contribution in [1.29, 1.82) is 0 Å². The Morgan fingerprint density at radius 1 is 1.32 bits per heavy atom. The maximum atomic E-state index is 13.9. The second kappa shape index (κ2) is 4.91. The normalized spacial score (nSPS) is 12.6. The third-order valence-corrected chi connectivity index (χ3v) is 3.63. The van der Waals surface area contributed by atoms with Gasteiger partial charge in [-0.15, -0.1) is 5.10 Å². The van der Waals surface area contributed by atoms with Crippen molar-refractivity contribution in [3.63, 3.8) is 0 Å². The Balaban J connectivity index is 2.71. The molecular weight excluding hydrogens is 332 g/mol. The molecule has 1 aromatic heterocycles. The van der Waals surface area contributed by atoms with Crippen molar-refractivity contribution in [2.24, 2.45) is 0 Å². The van der Waals surface area contributed by atoms with E-state index < -0.39 is 44.5 Å². The molecule has 120 valence electrons. The predicted molar refractivity (Wildman–Crippen MR) is 65.3 cm³/mol. The second-order valence-corrected chi connectivity index (χ2v) is 5.64. The van der Waals surface area contributed by atoms with Gasteiger partial charge in [-0.05, 0) is 24.6 Å². The molecular formula is C10H8F4N4O3S. The van der Waals surface area contributed by atoms with E-state index in [1.165, 1.54) is 6.92 Å². The SMILES string of the molecule is Cc1cc(F)c(-n2nc(C(F)(F)F)nc2N)cc1S(=O)(=O)O. The molecule has 0 amide bonds. The van der Waals surface area contributed by atoms with Crippen molar-refractivity contribution in [3.8, 4) is 5.69 Å². The van der Waals surface area contributed by atoms with E-state index in [2.05, 4.69) is 10.1 Å². The number of anilines is 1. The smallest absolute Gasteiger partial charge is 0.368 e. The molecule has 0 fully saturated rings. The van der Waals surface area contributed by atoms with E-state index in [-0.39, 0.29) is 5.56 Å². The van der Waals surface area contributed by atoms with E-state index in [0.29, 0.717) is 16.8 Å². The van der Waals surface area contributed by atoms with Gasteiger partial charge < -0.3 is 5.73 Å². The van der Waals surface area contributed by atoms with Gasteiger partial charge in [-0.25, -0.2) is 4.39 Å². The summed E-state index contributed by atoms with van der Waals surface area (Å²) in [6, 6.07) is 1.33. The summed E-state index contributed by atoms with van der Waals surface area (Å²) in [6.45, 7) is 1.20. The number of hydrogen-bond donors (Lipinski definition) is 2. The van der Waals surface area contributed by atoms with E-state index in [0.717, 1.165) is 0 Å². The molecule has 7 nitrogen and oxygen atoms in total. The summed E-state index contributed by atoms with van der Waals surface area (Å²) in [5.74, 6) is -3.50. The highest BCUT2D eigenvalue weighted by molar-refractivity contribution is 7.85. The molecule has 0 unspecified atom stereocenters. The number of alkyl halides is 3. The molecule has 2 aromatic rings. The van der Waals surface area contributed by atoms with Crippen molar-refractivity contribution in [2.45, 2.75) is 18.0 Å². The first kappa shape index (κ1) is 16.2. The van der Waals surface area contributed by atoms with E-state index >= 15 is 0 Å². The first-order valence-corrected chi connectivity index (χ1v) is 6.93. The molecule has 0 aliphatic rings. The fourth-order valence-corrected chi connectivity index (χ4v) is 2.43. The van der Waals surface area contributed by atoms with Crippen LogP contribution in [0.25, 0.3) is 5.69 Å². The lowest BCUT2D eigenvalue weighted by atomic mass is 10.2. The van der Waals surface area contributed by atoms with Crippen molar-refractivity contribution in [2.75, 3.05) is 5.73 Å². The molecule has 0 aliphatic carbocycles. The van der Waals surface area contributed by atoms with Gasteiger partial charge in [0.1, 0.15) is 11.5 Å². The lowest BCUT2D eigenvalue weighted by Gasteiger charge is -2.09. The van der Waals surface area contributed by atoms with Gasteiger partial charge in [0, 0.05) is 0 Å². The average Bonchev–Trinajstić information content (AvgIpc) is 2.69. The Hall–Kier alpha value is -2.21. The molecule has 0 bridgehead atoms. The van der Waals surface area contributed by atoms with Gasteiger partial charge in [0.2, 0.25) is 5.95 Å². The maximum Gasteiger partial charge on any atom is 0.453 e. The molecule has 2 rings (SSSR count). The van der Waals surface area contributed by atoms with Crippen molar-refractivity contribution >= 4 is 16.1 Å². The topological polar surface area (TPSA) is 111 Å². The molecule has 0 saturated carbocycles. The number of halogens is 4. The Morgan fingerprint density at radius 2 is 1.91 bits per heavy atom. The standard InChI is InChI=1S/C10H8F4N4O3S/c1-4-2-5(11)6(3-7(4)22(19,20)21)18-9(15)16-8(17-18)10(12,13)14/h2-3H,1H3,(H2,15,16,17)(H,19,20,21). The summed E-state index contributed by atoms with van der Waals surface area (Å²) >= 11 is 0. The van der Waals surface area contributed by atoms with Gasteiger partial charge in [-0.2, -0.15) is 31.3 Å². The van der Waals surface area contributed by atoms with Gasteiger partial charge in [-0.1, -0.05) is 0 Å². The highest BCUT2D eigenvalue weighted by Gasteiger charge is 2.37. The third-order valence-electron chi connectivity index (χ3n) is 2.64. The zero-order valence-electron chi connectivity index (χ0n) is 10.8. The largest absolute Gasteiger partial charge is 0.453 e. The minimum absolute atomic E-state index is 0.140. The van der Waals surface area contributed by atoms with Crippen LogP contribution in [0.1, 0.15) is 11.4 Å². The number of nitrogen functional groups attached to an aromatic ring is 1. The van der Waals surface area contributed by atoms with Crippen LogP contribution in [0.3, 0.4) is 0 Å². The van der Waals surface area contributed by atoms with Crippen LogP contribution in [0.5, 0.6) is 0 Å². The van der Waals surface area contributed by atoms with Crippen LogP contribution in [0.4, 0.5) is 23.5 Å². The summed E-state index contributed by atoms with van der Waals surface area (Å²) in [6.07, 6.45) is -4.91. The number of aryl methyl sites for hydroxylation is 1. The number of nitrogens with zero attached hydrogens (tertiary/aromatic N) is 3. The molecule has 0 atom stereocenters. The molecule has 3 N–H and O–H groups in total. The first-order valence-electron chi connectivity index (χ1n) is 5.49. The summed E-state index contributed by atoms with van der Waals surface area (Å²) < 4.78 is 83.1. The van der Waals surface area contributed by atoms with Crippen LogP contribution in [0, 0.1) is 12.7 Å². The average molecular weight is 340 g/mol. The summed E-state index contributed by atoms with van der Waals surface area (Å²) in [7, 11) is -4.71. The Bertz CT molecular complexity index is 845. The van der Waals surface area contributed by atoms with Crippen molar-refractivity contribution < 1.29 is 30.5 Å². The number of nitrogens with two attached hydrogens (primary N) is 1. The number of hydrogen-bond acceptors (Lipinski definition) is 5. The van der Waals surface area contributed by atoms with Crippen LogP contribution in [0.2, 0.25) is 0 Å². The second-order valence-electron chi connectivity index (χ2n) is 4.25. The van der Waals surface area contributed by atoms with Crippen LogP contribution >= 0.6 is 0 Å². The zero-order chi connectivity index (χ0) is 16.9. The summed E-state index contributed by atoms with van der Waals surface area (Å²) in [4.78, 5) is 2.25. The Labute approximate surface area is 121 Å². The zero-order valence-corrected chi connectivity index (χ0v) is 11.6. The van der Waals surface area contributed by atoms with Gasteiger partial charge >= 0.3 is 6.18 Å². The third kappa shape index (κ3) is 2.87. The molecule has 0 aliphatic heterocycles. The number of aromatic nitrogens is 3. The molecule has 0 spiro atoms. The summed E-state index contributed by atoms with van der Waals surface area (Å²) in [5, 5.41) is 3.00. The minimum Gasteiger partial charge on any atom is -0.368 e. The molecule has 0 saturated heterocycles. The maximum absolute atomic E-state index is 13.9.